The molecule has 0 aliphatic rings. The van der Waals surface area contributed by atoms with Crippen LogP contribution < -0.4 is 5.73 Å². The Balaban J connectivity index is 2.82. The number of nitrogens with zero attached hydrogens (tertiary/aromatic N) is 2. The highest BCUT2D eigenvalue weighted by Crippen LogP contribution is 2.18. The standard InChI is InChI=1S/C12H18ClN3OS/c1-8(4-5-18-3)16(2)12(17)9-6-11(13)15-7-10(9)14/h6-8H,4-5,14H2,1-3H3. The zero-order valence-corrected chi connectivity index (χ0v) is 12.4. The van der Waals surface area contributed by atoms with Gasteiger partial charge in [-0.1, -0.05) is 11.6 Å². The second-order valence-electron chi connectivity index (χ2n) is 4.14. The summed E-state index contributed by atoms with van der Waals surface area (Å²) in [5.74, 6) is 0.899. The molecule has 100 valence electrons. The van der Waals surface area contributed by atoms with Crippen LogP contribution in [0.25, 0.3) is 0 Å². The highest BCUT2D eigenvalue weighted by Gasteiger charge is 2.19. The van der Waals surface area contributed by atoms with Gasteiger partial charge in [0.1, 0.15) is 5.15 Å². The summed E-state index contributed by atoms with van der Waals surface area (Å²) in [6, 6.07) is 1.67. The predicted octanol–water partition coefficient (Wildman–Crippen LogP) is 2.53. The number of carbonyl (C=O) groups excluding carboxylic acids is 1. The van der Waals surface area contributed by atoms with Crippen LogP contribution in [-0.2, 0) is 0 Å². The highest BCUT2D eigenvalue weighted by atomic mass is 35.5. The van der Waals surface area contributed by atoms with Crippen molar-refractivity contribution in [3.05, 3.63) is 23.0 Å². The molecule has 0 fully saturated rings. The minimum atomic E-state index is -0.120. The van der Waals surface area contributed by atoms with E-state index < -0.39 is 0 Å². The Bertz CT molecular complexity index is 428. The first-order valence-corrected chi connectivity index (χ1v) is 7.41. The largest absolute Gasteiger partial charge is 0.397 e. The number of aromatic nitrogens is 1. The summed E-state index contributed by atoms with van der Waals surface area (Å²) in [6.45, 7) is 2.02. The Labute approximate surface area is 117 Å². The molecule has 18 heavy (non-hydrogen) atoms. The third-order valence-corrected chi connectivity index (χ3v) is 3.70. The number of nitrogen functional groups attached to an aromatic ring is 1. The summed E-state index contributed by atoms with van der Waals surface area (Å²) >= 11 is 7.55. The Morgan fingerprint density at radius 2 is 2.33 bits per heavy atom. The molecular formula is C12H18ClN3OS. The Morgan fingerprint density at radius 3 is 2.94 bits per heavy atom. The van der Waals surface area contributed by atoms with Gasteiger partial charge in [-0.25, -0.2) is 4.98 Å². The number of amides is 1. The third kappa shape index (κ3) is 3.78. The number of hydrogen-bond acceptors (Lipinski definition) is 4. The number of hydrogen-bond donors (Lipinski definition) is 1. The maximum Gasteiger partial charge on any atom is 0.256 e. The van der Waals surface area contributed by atoms with Crippen LogP contribution in [0.2, 0.25) is 5.15 Å². The van der Waals surface area contributed by atoms with Crippen molar-refractivity contribution >= 4 is 35.0 Å². The maximum atomic E-state index is 12.3. The van der Waals surface area contributed by atoms with Gasteiger partial charge in [-0.05, 0) is 31.4 Å². The van der Waals surface area contributed by atoms with Gasteiger partial charge in [0.25, 0.3) is 5.91 Å². The lowest BCUT2D eigenvalue weighted by atomic mass is 10.1. The van der Waals surface area contributed by atoms with Crippen LogP contribution in [0.5, 0.6) is 0 Å². The number of halogens is 1. The molecule has 0 aliphatic heterocycles. The van der Waals surface area contributed by atoms with E-state index in [0.717, 1.165) is 12.2 Å². The summed E-state index contributed by atoms with van der Waals surface area (Å²) in [5.41, 5.74) is 6.52. The molecule has 1 aromatic rings. The Hall–Kier alpha value is -0.940. The van der Waals surface area contributed by atoms with Crippen molar-refractivity contribution in [1.29, 1.82) is 0 Å². The molecule has 0 saturated carbocycles. The number of thioether (sulfide) groups is 1. The lowest BCUT2D eigenvalue weighted by Crippen LogP contribution is -2.35. The van der Waals surface area contributed by atoms with Gasteiger partial charge in [-0.3, -0.25) is 4.79 Å². The predicted molar refractivity (Wildman–Crippen MR) is 78.2 cm³/mol. The zero-order chi connectivity index (χ0) is 13.7. The summed E-state index contributed by atoms with van der Waals surface area (Å²) < 4.78 is 0. The molecule has 1 atom stereocenters. The van der Waals surface area contributed by atoms with Crippen molar-refractivity contribution in [3.63, 3.8) is 0 Å². The van der Waals surface area contributed by atoms with Crippen molar-refractivity contribution in [2.45, 2.75) is 19.4 Å². The lowest BCUT2D eigenvalue weighted by Gasteiger charge is -2.25. The van der Waals surface area contributed by atoms with E-state index in [4.69, 9.17) is 17.3 Å². The normalized spacial score (nSPS) is 12.2. The fraction of sp³-hybridized carbons (Fsp3) is 0.500. The quantitative estimate of drug-likeness (QED) is 0.846. The van der Waals surface area contributed by atoms with Gasteiger partial charge >= 0.3 is 0 Å². The molecule has 0 saturated heterocycles. The van der Waals surface area contributed by atoms with E-state index in [-0.39, 0.29) is 17.1 Å². The minimum absolute atomic E-state index is 0.120. The van der Waals surface area contributed by atoms with Gasteiger partial charge < -0.3 is 10.6 Å². The minimum Gasteiger partial charge on any atom is -0.397 e. The smallest absolute Gasteiger partial charge is 0.256 e. The Morgan fingerprint density at radius 1 is 1.67 bits per heavy atom. The van der Waals surface area contributed by atoms with Crippen LogP contribution in [0.3, 0.4) is 0 Å². The first-order chi connectivity index (χ1) is 8.47. The van der Waals surface area contributed by atoms with Crippen LogP contribution in [0.1, 0.15) is 23.7 Å². The number of pyridine rings is 1. The highest BCUT2D eigenvalue weighted by molar-refractivity contribution is 7.98. The van der Waals surface area contributed by atoms with Gasteiger partial charge in [-0.2, -0.15) is 11.8 Å². The molecule has 0 aliphatic carbocycles. The van der Waals surface area contributed by atoms with Crippen LogP contribution in [0.4, 0.5) is 5.69 Å². The molecule has 0 bridgehead atoms. The van der Waals surface area contributed by atoms with Crippen molar-refractivity contribution in [1.82, 2.24) is 9.88 Å². The van der Waals surface area contributed by atoms with Gasteiger partial charge in [-0.15, -0.1) is 0 Å². The molecule has 2 N–H and O–H groups in total. The van der Waals surface area contributed by atoms with E-state index in [2.05, 4.69) is 11.2 Å². The summed E-state index contributed by atoms with van der Waals surface area (Å²) in [4.78, 5) is 17.8. The monoisotopic (exact) mass is 287 g/mol. The first-order valence-electron chi connectivity index (χ1n) is 5.64. The average Bonchev–Trinajstić information content (AvgIpc) is 2.37. The fourth-order valence-electron chi connectivity index (χ4n) is 1.50. The summed E-state index contributed by atoms with van der Waals surface area (Å²) in [6.07, 6.45) is 4.41. The summed E-state index contributed by atoms with van der Waals surface area (Å²) in [7, 11) is 1.78. The second kappa shape index (κ2) is 6.85. The van der Waals surface area contributed by atoms with E-state index in [1.807, 2.05) is 6.92 Å². The van der Waals surface area contributed by atoms with E-state index in [0.29, 0.717) is 11.3 Å². The van der Waals surface area contributed by atoms with E-state index >= 15 is 0 Å². The van der Waals surface area contributed by atoms with E-state index in [1.54, 1.807) is 23.7 Å². The molecule has 1 rings (SSSR count). The van der Waals surface area contributed by atoms with Gasteiger partial charge in [0.05, 0.1) is 17.4 Å². The fourth-order valence-corrected chi connectivity index (χ4v) is 2.23. The molecule has 0 radical (unpaired) electrons. The Kier molecular flexibility index (Phi) is 5.75. The van der Waals surface area contributed by atoms with Crippen LogP contribution >= 0.6 is 23.4 Å². The topological polar surface area (TPSA) is 59.2 Å². The van der Waals surface area contributed by atoms with Gasteiger partial charge in [0, 0.05) is 13.1 Å². The van der Waals surface area contributed by atoms with Crippen LogP contribution in [0.15, 0.2) is 12.3 Å². The first kappa shape index (κ1) is 15.1. The molecule has 6 heteroatoms. The molecular weight excluding hydrogens is 270 g/mol. The molecule has 0 spiro atoms. The average molecular weight is 288 g/mol. The zero-order valence-electron chi connectivity index (χ0n) is 10.8. The second-order valence-corrected chi connectivity index (χ2v) is 5.51. The number of rotatable bonds is 5. The van der Waals surface area contributed by atoms with Crippen LogP contribution in [0, 0.1) is 0 Å². The molecule has 1 aromatic heterocycles. The molecule has 1 heterocycles. The van der Waals surface area contributed by atoms with Crippen LogP contribution in [-0.4, -0.2) is 40.9 Å². The molecule has 4 nitrogen and oxygen atoms in total. The maximum absolute atomic E-state index is 12.3. The van der Waals surface area contributed by atoms with Crippen molar-refractivity contribution in [2.24, 2.45) is 0 Å². The lowest BCUT2D eigenvalue weighted by molar-refractivity contribution is 0.0742. The molecule has 1 amide bonds. The third-order valence-electron chi connectivity index (χ3n) is 2.85. The number of nitrogens with two attached hydrogens (primary N) is 1. The SMILES string of the molecule is CSCCC(C)N(C)C(=O)c1cc(Cl)ncc1N. The van der Waals surface area contributed by atoms with Crippen molar-refractivity contribution in [2.75, 3.05) is 24.8 Å². The van der Waals surface area contributed by atoms with Crippen molar-refractivity contribution in [3.8, 4) is 0 Å². The van der Waals surface area contributed by atoms with E-state index in [9.17, 15) is 4.79 Å². The number of carbonyl (C=O) groups is 1. The molecule has 1 unspecified atom stereocenters. The molecule has 0 aromatic carbocycles. The van der Waals surface area contributed by atoms with Crippen molar-refractivity contribution < 1.29 is 4.79 Å². The van der Waals surface area contributed by atoms with Gasteiger partial charge in [0.2, 0.25) is 0 Å². The van der Waals surface area contributed by atoms with Gasteiger partial charge in [0.15, 0.2) is 0 Å². The van der Waals surface area contributed by atoms with E-state index in [1.165, 1.54) is 12.3 Å². The summed E-state index contributed by atoms with van der Waals surface area (Å²) in [5, 5.41) is 0.276. The number of anilines is 1.